The van der Waals surface area contributed by atoms with E-state index in [1.165, 1.54) is 0 Å². The van der Waals surface area contributed by atoms with Crippen molar-refractivity contribution in [3.8, 4) is 0 Å². The Kier molecular flexibility index (Phi) is 2.55. The maximum Gasteiger partial charge on any atom is 0.248 e. The lowest BCUT2D eigenvalue weighted by atomic mass is 10.1. The first-order valence-electron chi connectivity index (χ1n) is 4.47. The van der Waals surface area contributed by atoms with Gasteiger partial charge in [0, 0.05) is 29.1 Å². The summed E-state index contributed by atoms with van der Waals surface area (Å²) in [6.45, 7) is 1.95. The first-order chi connectivity index (χ1) is 7.18. The van der Waals surface area contributed by atoms with Crippen LogP contribution in [0.4, 0.5) is 5.69 Å². The Morgan fingerprint density at radius 3 is 2.87 bits per heavy atom. The van der Waals surface area contributed by atoms with Gasteiger partial charge in [0.15, 0.2) is 0 Å². The fraction of sp³-hybridized carbons (Fsp3) is 0.100. The Labute approximate surface area is 92.2 Å². The average Bonchev–Trinajstić information content (AvgIpc) is 2.70. The lowest BCUT2D eigenvalue weighted by Crippen LogP contribution is -2.23. The molecule has 0 saturated carbocycles. The monoisotopic (exact) mass is 221 g/mol. The SMILES string of the molecule is Cc1cc(C(N)=O)ccc1N1NC=CS1. The zero-order chi connectivity index (χ0) is 10.8. The molecule has 15 heavy (non-hydrogen) atoms. The standard InChI is InChI=1S/C10H11N3OS/c1-7-6-8(10(11)14)2-3-9(7)13-12-4-5-15-13/h2-6,12H,1H3,(H2,11,14). The van der Waals surface area contributed by atoms with E-state index < -0.39 is 5.91 Å². The Morgan fingerprint density at radius 2 is 2.33 bits per heavy atom. The zero-order valence-electron chi connectivity index (χ0n) is 8.23. The van der Waals surface area contributed by atoms with Gasteiger partial charge in [-0.05, 0) is 30.7 Å². The summed E-state index contributed by atoms with van der Waals surface area (Å²) >= 11 is 1.55. The van der Waals surface area contributed by atoms with Gasteiger partial charge < -0.3 is 5.73 Å². The lowest BCUT2D eigenvalue weighted by Gasteiger charge is -2.18. The van der Waals surface area contributed by atoms with E-state index in [0.717, 1.165) is 11.3 Å². The number of primary amides is 1. The first kappa shape index (κ1) is 9.92. The van der Waals surface area contributed by atoms with Crippen LogP contribution in [0.25, 0.3) is 0 Å². The summed E-state index contributed by atoms with van der Waals surface area (Å²) < 4.78 is 1.92. The predicted molar refractivity (Wildman–Crippen MR) is 62.0 cm³/mol. The molecule has 78 valence electrons. The van der Waals surface area contributed by atoms with Crippen molar-refractivity contribution in [1.29, 1.82) is 0 Å². The highest BCUT2D eigenvalue weighted by molar-refractivity contribution is 8.03. The van der Waals surface area contributed by atoms with Crippen molar-refractivity contribution in [2.24, 2.45) is 5.73 Å². The van der Waals surface area contributed by atoms with Crippen LogP contribution >= 0.6 is 11.9 Å². The van der Waals surface area contributed by atoms with Crippen LogP contribution in [0.1, 0.15) is 15.9 Å². The normalized spacial score (nSPS) is 14.1. The van der Waals surface area contributed by atoms with Crippen LogP contribution in [0.2, 0.25) is 0 Å². The molecule has 0 spiro atoms. The summed E-state index contributed by atoms with van der Waals surface area (Å²) in [7, 11) is 0. The van der Waals surface area contributed by atoms with Crippen LogP contribution in [0, 0.1) is 6.92 Å². The zero-order valence-corrected chi connectivity index (χ0v) is 9.04. The number of hydrazine groups is 1. The van der Waals surface area contributed by atoms with Gasteiger partial charge in [-0.2, -0.15) is 0 Å². The van der Waals surface area contributed by atoms with Gasteiger partial charge in [-0.15, -0.1) is 0 Å². The maximum atomic E-state index is 11.0. The molecule has 1 aliphatic heterocycles. The molecule has 0 unspecified atom stereocenters. The molecule has 3 N–H and O–H groups in total. The number of nitrogens with one attached hydrogen (secondary N) is 1. The quantitative estimate of drug-likeness (QED) is 0.744. The summed E-state index contributed by atoms with van der Waals surface area (Å²) in [5.41, 5.74) is 10.8. The second-order valence-corrected chi connectivity index (χ2v) is 4.05. The van der Waals surface area contributed by atoms with Gasteiger partial charge in [-0.1, -0.05) is 0 Å². The Balaban J connectivity index is 2.30. The lowest BCUT2D eigenvalue weighted by molar-refractivity contribution is 0.1000. The number of nitrogens with two attached hydrogens (primary N) is 1. The van der Waals surface area contributed by atoms with E-state index in [0.29, 0.717) is 5.56 Å². The van der Waals surface area contributed by atoms with Crippen LogP contribution < -0.4 is 15.6 Å². The van der Waals surface area contributed by atoms with Crippen LogP contribution in [0.3, 0.4) is 0 Å². The summed E-state index contributed by atoms with van der Waals surface area (Å²) in [6, 6.07) is 5.39. The third-order valence-electron chi connectivity index (χ3n) is 2.13. The molecule has 1 aromatic carbocycles. The second-order valence-electron chi connectivity index (χ2n) is 3.20. The highest BCUT2D eigenvalue weighted by Crippen LogP contribution is 2.27. The topological polar surface area (TPSA) is 58.4 Å². The van der Waals surface area contributed by atoms with Gasteiger partial charge in [0.05, 0.1) is 5.69 Å². The minimum absolute atomic E-state index is 0.398. The Hall–Kier alpha value is -1.62. The number of aryl methyl sites for hydroxylation is 1. The van der Waals surface area contributed by atoms with Crippen molar-refractivity contribution >= 4 is 23.5 Å². The molecule has 2 rings (SSSR count). The highest BCUT2D eigenvalue weighted by atomic mass is 32.2. The summed E-state index contributed by atoms with van der Waals surface area (Å²) in [6.07, 6.45) is 1.85. The number of anilines is 1. The molecular formula is C10H11N3OS. The molecule has 0 aromatic heterocycles. The van der Waals surface area contributed by atoms with E-state index in [4.69, 9.17) is 5.73 Å². The van der Waals surface area contributed by atoms with Gasteiger partial charge in [-0.25, -0.2) is 4.41 Å². The summed E-state index contributed by atoms with van der Waals surface area (Å²) in [5.74, 6) is -0.398. The number of nitrogens with zero attached hydrogens (tertiary/aromatic N) is 1. The van der Waals surface area contributed by atoms with Crippen LogP contribution in [-0.2, 0) is 0 Å². The average molecular weight is 221 g/mol. The van der Waals surface area contributed by atoms with Gasteiger partial charge >= 0.3 is 0 Å². The molecule has 0 aliphatic carbocycles. The number of benzene rings is 1. The van der Waals surface area contributed by atoms with Crippen molar-refractivity contribution in [2.45, 2.75) is 6.92 Å². The number of hydrogen-bond donors (Lipinski definition) is 2. The highest BCUT2D eigenvalue weighted by Gasteiger charge is 2.12. The van der Waals surface area contributed by atoms with Crippen LogP contribution in [0.15, 0.2) is 29.8 Å². The molecule has 0 radical (unpaired) electrons. The van der Waals surface area contributed by atoms with E-state index in [2.05, 4.69) is 5.43 Å². The fourth-order valence-electron chi connectivity index (χ4n) is 1.38. The number of hydrogen-bond acceptors (Lipinski definition) is 4. The molecule has 1 aliphatic rings. The molecule has 4 nitrogen and oxygen atoms in total. The maximum absolute atomic E-state index is 11.0. The van der Waals surface area contributed by atoms with Gasteiger partial charge in [0.2, 0.25) is 5.91 Å². The molecule has 1 heterocycles. The largest absolute Gasteiger partial charge is 0.366 e. The van der Waals surface area contributed by atoms with Crippen LogP contribution in [0.5, 0.6) is 0 Å². The molecule has 0 saturated heterocycles. The summed E-state index contributed by atoms with van der Waals surface area (Å²) in [4.78, 5) is 11.0. The van der Waals surface area contributed by atoms with Gasteiger partial charge in [0.25, 0.3) is 0 Å². The third kappa shape index (κ3) is 1.92. The molecule has 0 atom stereocenters. The number of carbonyl (C=O) groups excluding carboxylic acids is 1. The smallest absolute Gasteiger partial charge is 0.248 e. The molecule has 0 bridgehead atoms. The van der Waals surface area contributed by atoms with Crippen molar-refractivity contribution < 1.29 is 4.79 Å². The minimum atomic E-state index is -0.398. The second kappa shape index (κ2) is 3.86. The van der Waals surface area contributed by atoms with E-state index in [9.17, 15) is 4.79 Å². The molecule has 5 heteroatoms. The fourth-order valence-corrected chi connectivity index (χ4v) is 2.07. The molecule has 0 fully saturated rings. The Bertz CT molecular complexity index is 423. The number of rotatable bonds is 2. The van der Waals surface area contributed by atoms with Crippen LogP contribution in [-0.4, -0.2) is 5.91 Å². The van der Waals surface area contributed by atoms with Crippen molar-refractivity contribution in [1.82, 2.24) is 5.43 Å². The predicted octanol–water partition coefficient (Wildman–Crippen LogP) is 1.54. The molecular weight excluding hydrogens is 210 g/mol. The first-order valence-corrected chi connectivity index (χ1v) is 5.30. The molecule has 1 amide bonds. The van der Waals surface area contributed by atoms with E-state index in [1.54, 1.807) is 24.1 Å². The van der Waals surface area contributed by atoms with E-state index in [1.807, 2.05) is 29.0 Å². The van der Waals surface area contributed by atoms with Crippen molar-refractivity contribution in [3.63, 3.8) is 0 Å². The Morgan fingerprint density at radius 1 is 1.53 bits per heavy atom. The number of carbonyl (C=O) groups is 1. The van der Waals surface area contributed by atoms with Gasteiger partial charge in [0.1, 0.15) is 0 Å². The minimum Gasteiger partial charge on any atom is -0.366 e. The third-order valence-corrected chi connectivity index (χ3v) is 2.90. The van der Waals surface area contributed by atoms with Gasteiger partial charge in [-0.3, -0.25) is 10.2 Å². The summed E-state index contributed by atoms with van der Waals surface area (Å²) in [5, 5.41) is 1.95. The van der Waals surface area contributed by atoms with E-state index >= 15 is 0 Å². The van der Waals surface area contributed by atoms with Crippen molar-refractivity contribution in [3.05, 3.63) is 40.9 Å². The van der Waals surface area contributed by atoms with Crippen molar-refractivity contribution in [2.75, 3.05) is 4.41 Å². The molecule has 1 aromatic rings. The number of amides is 1. The van der Waals surface area contributed by atoms with E-state index in [-0.39, 0.29) is 0 Å².